The third kappa shape index (κ3) is 4.62. The summed E-state index contributed by atoms with van der Waals surface area (Å²) in [6.07, 6.45) is 0. The van der Waals surface area contributed by atoms with Crippen LogP contribution in [0.2, 0.25) is 15.1 Å². The maximum atomic E-state index is 12.0. The van der Waals surface area contributed by atoms with Gasteiger partial charge in [-0.1, -0.05) is 53.0 Å². The van der Waals surface area contributed by atoms with Gasteiger partial charge in [0.1, 0.15) is 6.04 Å². The molecule has 0 unspecified atom stereocenters. The minimum absolute atomic E-state index is 0.124. The molecule has 6 heteroatoms. The highest BCUT2D eigenvalue weighted by Gasteiger charge is 2.13. The summed E-state index contributed by atoms with van der Waals surface area (Å²) in [4.78, 5) is 12.0. The zero-order valence-electron chi connectivity index (χ0n) is 11.9. The molecule has 2 aromatic rings. The summed E-state index contributed by atoms with van der Waals surface area (Å²) in [5, 5.41) is 6.13. The van der Waals surface area contributed by atoms with Gasteiger partial charge in [0.2, 0.25) is 0 Å². The van der Waals surface area contributed by atoms with Crippen LogP contribution in [-0.4, -0.2) is 12.5 Å². The van der Waals surface area contributed by atoms with E-state index in [0.29, 0.717) is 20.8 Å². The average molecular weight is 359 g/mol. The fraction of sp³-hybridized carbons (Fsp3) is 0.188. The first-order valence-corrected chi connectivity index (χ1v) is 7.93. The van der Waals surface area contributed by atoms with E-state index in [0.717, 1.165) is 5.56 Å². The zero-order chi connectivity index (χ0) is 16.1. The molecular formula is C16H16Cl3N2O+. The quantitative estimate of drug-likeness (QED) is 0.836. The Hall–Kier alpha value is -1.26. The Labute approximate surface area is 144 Å². The normalized spacial score (nSPS) is 12.0. The van der Waals surface area contributed by atoms with Crippen molar-refractivity contribution in [2.24, 2.45) is 0 Å². The van der Waals surface area contributed by atoms with Crippen LogP contribution in [0.3, 0.4) is 0 Å². The van der Waals surface area contributed by atoms with Gasteiger partial charge >= 0.3 is 0 Å². The molecule has 0 saturated carbocycles. The van der Waals surface area contributed by atoms with Crippen molar-refractivity contribution in [1.29, 1.82) is 0 Å². The van der Waals surface area contributed by atoms with Crippen LogP contribution in [-0.2, 0) is 4.79 Å². The molecule has 0 heterocycles. The van der Waals surface area contributed by atoms with E-state index in [1.165, 1.54) is 0 Å². The summed E-state index contributed by atoms with van der Waals surface area (Å²) in [5.41, 5.74) is 1.59. The molecule has 2 rings (SSSR count). The number of hydrogen-bond acceptors (Lipinski definition) is 1. The largest absolute Gasteiger partial charge is 0.333 e. The highest BCUT2D eigenvalue weighted by atomic mass is 35.5. The maximum absolute atomic E-state index is 12.0. The van der Waals surface area contributed by atoms with Crippen LogP contribution in [0.5, 0.6) is 0 Å². The predicted octanol–water partition coefficient (Wildman–Crippen LogP) is 3.91. The molecule has 116 valence electrons. The Morgan fingerprint density at radius 2 is 1.91 bits per heavy atom. The predicted molar refractivity (Wildman–Crippen MR) is 91.8 cm³/mol. The minimum atomic E-state index is -0.141. The first-order chi connectivity index (χ1) is 10.5. The number of hydrogen-bond donors (Lipinski definition) is 2. The van der Waals surface area contributed by atoms with Crippen LogP contribution in [0.15, 0.2) is 42.5 Å². The van der Waals surface area contributed by atoms with E-state index in [1.807, 2.05) is 36.5 Å². The summed E-state index contributed by atoms with van der Waals surface area (Å²) in [6.45, 7) is 2.29. The lowest BCUT2D eigenvalue weighted by Crippen LogP contribution is -2.86. The number of nitrogens with two attached hydrogens (primary N) is 1. The molecular weight excluding hydrogens is 343 g/mol. The van der Waals surface area contributed by atoms with Crippen LogP contribution in [0.1, 0.15) is 18.5 Å². The van der Waals surface area contributed by atoms with Crippen molar-refractivity contribution in [1.82, 2.24) is 0 Å². The molecule has 0 fully saturated rings. The third-order valence-electron chi connectivity index (χ3n) is 3.26. The second kappa shape index (κ2) is 7.84. The summed E-state index contributed by atoms with van der Waals surface area (Å²) in [6, 6.07) is 12.9. The van der Waals surface area contributed by atoms with Gasteiger partial charge in [0.05, 0.1) is 15.7 Å². The molecule has 1 amide bonds. The highest BCUT2D eigenvalue weighted by Crippen LogP contribution is 2.29. The fourth-order valence-electron chi connectivity index (χ4n) is 2.01. The topological polar surface area (TPSA) is 45.7 Å². The van der Waals surface area contributed by atoms with Crippen molar-refractivity contribution in [3.05, 3.63) is 63.1 Å². The molecule has 0 bridgehead atoms. The first kappa shape index (κ1) is 17.1. The smallest absolute Gasteiger partial charge is 0.279 e. The van der Waals surface area contributed by atoms with Crippen molar-refractivity contribution in [3.63, 3.8) is 0 Å². The number of rotatable bonds is 5. The lowest BCUT2D eigenvalue weighted by atomic mass is 10.1. The van der Waals surface area contributed by atoms with Gasteiger partial charge in [0.15, 0.2) is 6.54 Å². The number of quaternary nitrogens is 1. The number of nitrogens with one attached hydrogen (secondary N) is 1. The van der Waals surface area contributed by atoms with Gasteiger partial charge in [-0.2, -0.15) is 0 Å². The monoisotopic (exact) mass is 357 g/mol. The van der Waals surface area contributed by atoms with Crippen LogP contribution in [0.25, 0.3) is 0 Å². The highest BCUT2D eigenvalue weighted by molar-refractivity contribution is 6.44. The second-order valence-electron chi connectivity index (χ2n) is 4.93. The van der Waals surface area contributed by atoms with Crippen molar-refractivity contribution in [2.45, 2.75) is 13.0 Å². The van der Waals surface area contributed by atoms with Crippen LogP contribution in [0.4, 0.5) is 5.69 Å². The number of amides is 1. The number of benzene rings is 2. The molecule has 22 heavy (non-hydrogen) atoms. The van der Waals surface area contributed by atoms with Crippen LogP contribution in [0, 0.1) is 0 Å². The second-order valence-corrected chi connectivity index (χ2v) is 6.15. The molecule has 2 aromatic carbocycles. The van der Waals surface area contributed by atoms with E-state index in [1.54, 1.807) is 18.2 Å². The summed E-state index contributed by atoms with van der Waals surface area (Å²) < 4.78 is 0. The standard InChI is InChI=1S/C16H15Cl3N2O/c1-10(11-4-2-5-12(17)8-11)20-9-15(22)21-14-7-3-6-13(18)16(14)19/h2-8,10,20H,9H2,1H3,(H,21,22)/p+1/t10-/m1/s1. The molecule has 0 spiro atoms. The first-order valence-electron chi connectivity index (χ1n) is 6.80. The minimum Gasteiger partial charge on any atom is -0.333 e. The molecule has 0 aromatic heterocycles. The Kier molecular flexibility index (Phi) is 6.09. The molecule has 3 nitrogen and oxygen atoms in total. The number of carbonyl (C=O) groups excluding carboxylic acids is 1. The van der Waals surface area contributed by atoms with Gasteiger partial charge in [-0.05, 0) is 31.2 Å². The maximum Gasteiger partial charge on any atom is 0.279 e. The lowest BCUT2D eigenvalue weighted by molar-refractivity contribution is -0.682. The van der Waals surface area contributed by atoms with E-state index >= 15 is 0 Å². The Balaban J connectivity index is 1.91. The van der Waals surface area contributed by atoms with Crippen LogP contribution < -0.4 is 10.6 Å². The number of anilines is 1. The van der Waals surface area contributed by atoms with E-state index in [2.05, 4.69) is 5.32 Å². The van der Waals surface area contributed by atoms with E-state index in [-0.39, 0.29) is 18.5 Å². The van der Waals surface area contributed by atoms with E-state index in [9.17, 15) is 4.79 Å². The summed E-state index contributed by atoms with van der Waals surface area (Å²) in [5.74, 6) is -0.141. The van der Waals surface area contributed by atoms with Crippen molar-refractivity contribution >= 4 is 46.4 Å². The summed E-state index contributed by atoms with van der Waals surface area (Å²) >= 11 is 17.9. The number of halogens is 3. The molecule has 0 aliphatic rings. The van der Waals surface area contributed by atoms with Gasteiger partial charge in [-0.25, -0.2) is 0 Å². The SMILES string of the molecule is C[C@@H]([NH2+]CC(=O)Nc1cccc(Cl)c1Cl)c1cccc(Cl)c1. The van der Waals surface area contributed by atoms with Gasteiger partial charge in [-0.3, -0.25) is 4.79 Å². The molecule has 0 aliphatic carbocycles. The van der Waals surface area contributed by atoms with Crippen molar-refractivity contribution in [3.8, 4) is 0 Å². The van der Waals surface area contributed by atoms with Gasteiger partial charge in [0.25, 0.3) is 5.91 Å². The van der Waals surface area contributed by atoms with Gasteiger partial charge < -0.3 is 10.6 Å². The number of carbonyl (C=O) groups is 1. The van der Waals surface area contributed by atoms with E-state index < -0.39 is 0 Å². The molecule has 0 radical (unpaired) electrons. The Morgan fingerprint density at radius 1 is 1.18 bits per heavy atom. The molecule has 1 atom stereocenters. The molecule has 3 N–H and O–H groups in total. The average Bonchev–Trinajstić information content (AvgIpc) is 2.49. The van der Waals surface area contributed by atoms with Gasteiger partial charge in [0, 0.05) is 10.6 Å². The lowest BCUT2D eigenvalue weighted by Gasteiger charge is -2.12. The Bertz CT molecular complexity index is 676. The zero-order valence-corrected chi connectivity index (χ0v) is 14.2. The third-order valence-corrected chi connectivity index (χ3v) is 4.31. The molecule has 0 saturated heterocycles. The Morgan fingerprint density at radius 3 is 2.64 bits per heavy atom. The fourth-order valence-corrected chi connectivity index (χ4v) is 2.56. The van der Waals surface area contributed by atoms with Crippen molar-refractivity contribution < 1.29 is 10.1 Å². The van der Waals surface area contributed by atoms with E-state index in [4.69, 9.17) is 34.8 Å². The van der Waals surface area contributed by atoms with Gasteiger partial charge in [-0.15, -0.1) is 0 Å². The van der Waals surface area contributed by atoms with Crippen molar-refractivity contribution in [2.75, 3.05) is 11.9 Å². The summed E-state index contributed by atoms with van der Waals surface area (Å²) in [7, 11) is 0. The van der Waals surface area contributed by atoms with Crippen LogP contribution >= 0.6 is 34.8 Å². The molecule has 0 aliphatic heterocycles.